The Kier molecular flexibility index (Phi) is 4.94. The molecule has 8 heteroatoms. The molecule has 0 bridgehead atoms. The minimum Gasteiger partial charge on any atom is -0.437 e. The largest absolute Gasteiger partial charge is 0.437 e. The molecule has 1 saturated heterocycles. The highest BCUT2D eigenvalue weighted by Crippen LogP contribution is 2.29. The van der Waals surface area contributed by atoms with Crippen LogP contribution in [0.3, 0.4) is 0 Å². The van der Waals surface area contributed by atoms with Gasteiger partial charge in [0.25, 0.3) is 5.89 Å². The highest BCUT2D eigenvalue weighted by atomic mass is 19.1. The Morgan fingerprint density at radius 3 is 2.69 bits per heavy atom. The van der Waals surface area contributed by atoms with Crippen LogP contribution in [0.25, 0.3) is 11.4 Å². The van der Waals surface area contributed by atoms with E-state index in [0.29, 0.717) is 36.1 Å². The molecular formula is C21H23FN4O3. The lowest BCUT2D eigenvalue weighted by Crippen LogP contribution is -2.39. The number of carbonyl (C=O) groups is 1. The Bertz CT molecular complexity index is 1000. The first kappa shape index (κ1) is 19.3. The SMILES string of the molecule is CC(C)(C)c1cnc(C(=O)N2CCC[C@@H](c3nc(-c4ccc(F)cc4)no3)C2)o1. The minimum atomic E-state index is -0.319. The second-order valence-corrected chi connectivity index (χ2v) is 8.33. The van der Waals surface area contributed by atoms with Gasteiger partial charge < -0.3 is 13.8 Å². The molecule has 3 aromatic rings. The van der Waals surface area contributed by atoms with Crippen molar-refractivity contribution in [2.24, 2.45) is 0 Å². The van der Waals surface area contributed by atoms with Crippen molar-refractivity contribution in [3.63, 3.8) is 0 Å². The van der Waals surface area contributed by atoms with E-state index in [1.807, 2.05) is 20.8 Å². The number of oxazole rings is 1. The van der Waals surface area contributed by atoms with Gasteiger partial charge >= 0.3 is 5.91 Å². The van der Waals surface area contributed by atoms with Crippen LogP contribution in [0.4, 0.5) is 4.39 Å². The number of piperidine rings is 1. The van der Waals surface area contributed by atoms with Crippen LogP contribution in [0.5, 0.6) is 0 Å². The highest BCUT2D eigenvalue weighted by Gasteiger charge is 2.32. The van der Waals surface area contributed by atoms with Gasteiger partial charge in [-0.25, -0.2) is 9.37 Å². The first-order valence-corrected chi connectivity index (χ1v) is 9.66. The molecule has 1 fully saturated rings. The second-order valence-electron chi connectivity index (χ2n) is 8.33. The molecule has 7 nitrogen and oxygen atoms in total. The summed E-state index contributed by atoms with van der Waals surface area (Å²) in [5.74, 6) is 1.05. The summed E-state index contributed by atoms with van der Waals surface area (Å²) >= 11 is 0. The summed E-state index contributed by atoms with van der Waals surface area (Å²) in [5.41, 5.74) is 0.468. The number of carbonyl (C=O) groups excluding carboxylic acids is 1. The van der Waals surface area contributed by atoms with Crippen molar-refractivity contribution < 1.29 is 18.1 Å². The van der Waals surface area contributed by atoms with Crippen LogP contribution in [0.15, 0.2) is 39.4 Å². The van der Waals surface area contributed by atoms with E-state index in [1.165, 1.54) is 12.1 Å². The average molecular weight is 398 g/mol. The second kappa shape index (κ2) is 7.42. The number of benzene rings is 1. The normalized spacial score (nSPS) is 17.5. The summed E-state index contributed by atoms with van der Waals surface area (Å²) in [6.45, 7) is 7.10. The van der Waals surface area contributed by atoms with Gasteiger partial charge in [-0.15, -0.1) is 0 Å². The zero-order valence-corrected chi connectivity index (χ0v) is 16.7. The number of halogens is 1. The van der Waals surface area contributed by atoms with Crippen LogP contribution in [-0.2, 0) is 5.41 Å². The Morgan fingerprint density at radius 2 is 2.00 bits per heavy atom. The van der Waals surface area contributed by atoms with Gasteiger partial charge in [-0.2, -0.15) is 4.98 Å². The predicted molar refractivity (Wildman–Crippen MR) is 103 cm³/mol. The minimum absolute atomic E-state index is 0.0635. The van der Waals surface area contributed by atoms with Crippen molar-refractivity contribution in [1.82, 2.24) is 20.0 Å². The van der Waals surface area contributed by atoms with Crippen molar-refractivity contribution >= 4 is 5.91 Å². The molecule has 0 N–H and O–H groups in total. The molecule has 0 spiro atoms. The van der Waals surface area contributed by atoms with Crippen LogP contribution in [0, 0.1) is 5.82 Å². The fourth-order valence-electron chi connectivity index (χ4n) is 3.34. The number of likely N-dealkylation sites (tertiary alicyclic amines) is 1. The molecule has 1 aliphatic rings. The zero-order chi connectivity index (χ0) is 20.6. The average Bonchev–Trinajstić information content (AvgIpc) is 3.38. The van der Waals surface area contributed by atoms with Crippen molar-refractivity contribution in [3.8, 4) is 11.4 Å². The van der Waals surface area contributed by atoms with Crippen LogP contribution >= 0.6 is 0 Å². The Morgan fingerprint density at radius 1 is 1.24 bits per heavy atom. The lowest BCUT2D eigenvalue weighted by atomic mass is 9.94. The molecule has 1 atom stereocenters. The van der Waals surface area contributed by atoms with Gasteiger partial charge in [0.05, 0.1) is 12.1 Å². The lowest BCUT2D eigenvalue weighted by molar-refractivity contribution is 0.0652. The van der Waals surface area contributed by atoms with Gasteiger partial charge in [-0.1, -0.05) is 25.9 Å². The molecule has 2 aromatic heterocycles. The maximum absolute atomic E-state index is 13.1. The summed E-state index contributed by atoms with van der Waals surface area (Å²) in [6.07, 6.45) is 3.27. The first-order valence-electron chi connectivity index (χ1n) is 9.66. The van der Waals surface area contributed by atoms with Crippen molar-refractivity contribution in [2.45, 2.75) is 44.9 Å². The fourth-order valence-corrected chi connectivity index (χ4v) is 3.34. The third-order valence-electron chi connectivity index (χ3n) is 5.03. The third kappa shape index (κ3) is 4.06. The first-order chi connectivity index (χ1) is 13.8. The number of rotatable bonds is 3. The van der Waals surface area contributed by atoms with Gasteiger partial charge in [0, 0.05) is 24.1 Å². The van der Waals surface area contributed by atoms with Crippen LogP contribution < -0.4 is 0 Å². The quantitative estimate of drug-likeness (QED) is 0.658. The van der Waals surface area contributed by atoms with Crippen molar-refractivity contribution in [1.29, 1.82) is 0 Å². The van der Waals surface area contributed by atoms with E-state index in [9.17, 15) is 9.18 Å². The molecule has 0 radical (unpaired) electrons. The van der Waals surface area contributed by atoms with Crippen molar-refractivity contribution in [3.05, 3.63) is 53.8 Å². The molecule has 1 aromatic carbocycles. The molecule has 0 aliphatic carbocycles. The Balaban J connectivity index is 1.48. The maximum Gasteiger partial charge on any atom is 0.309 e. The molecule has 152 valence electrons. The van der Waals surface area contributed by atoms with Gasteiger partial charge in [-0.3, -0.25) is 4.79 Å². The third-order valence-corrected chi connectivity index (χ3v) is 5.03. The predicted octanol–water partition coefficient (Wildman–Crippen LogP) is 4.18. The highest BCUT2D eigenvalue weighted by molar-refractivity contribution is 5.89. The van der Waals surface area contributed by atoms with Gasteiger partial charge in [0.1, 0.15) is 11.6 Å². The molecular weight excluding hydrogens is 375 g/mol. The number of hydrogen-bond donors (Lipinski definition) is 0. The van der Waals surface area contributed by atoms with E-state index in [2.05, 4.69) is 15.1 Å². The van der Waals surface area contributed by atoms with E-state index >= 15 is 0 Å². The molecule has 1 amide bonds. The van der Waals surface area contributed by atoms with E-state index in [-0.39, 0.29) is 28.9 Å². The van der Waals surface area contributed by atoms with Crippen LogP contribution in [-0.4, -0.2) is 39.0 Å². The van der Waals surface area contributed by atoms with Gasteiger partial charge in [0.15, 0.2) is 0 Å². The Hall–Kier alpha value is -3.03. The van der Waals surface area contributed by atoms with E-state index in [0.717, 1.165) is 12.8 Å². The number of nitrogens with zero attached hydrogens (tertiary/aromatic N) is 4. The van der Waals surface area contributed by atoms with E-state index < -0.39 is 0 Å². The Labute approximate surface area is 167 Å². The summed E-state index contributed by atoms with van der Waals surface area (Å²) < 4.78 is 24.2. The molecule has 29 heavy (non-hydrogen) atoms. The monoisotopic (exact) mass is 398 g/mol. The molecule has 4 rings (SSSR count). The zero-order valence-electron chi connectivity index (χ0n) is 16.7. The molecule has 0 unspecified atom stereocenters. The lowest BCUT2D eigenvalue weighted by Gasteiger charge is -2.30. The standard InChI is InChI=1S/C21H23FN4O3/c1-21(2,3)16-11-23-19(28-16)20(27)26-10-4-5-14(12-26)18-24-17(25-29-18)13-6-8-15(22)9-7-13/h6-9,11,14H,4-5,10,12H2,1-3H3/t14-/m1/s1. The molecule has 1 aliphatic heterocycles. The number of aromatic nitrogens is 3. The summed E-state index contributed by atoms with van der Waals surface area (Å²) in [6, 6.07) is 5.93. The maximum atomic E-state index is 13.1. The molecule has 3 heterocycles. The topological polar surface area (TPSA) is 85.3 Å². The number of amides is 1. The van der Waals surface area contributed by atoms with E-state index in [4.69, 9.17) is 8.94 Å². The van der Waals surface area contributed by atoms with Crippen molar-refractivity contribution in [2.75, 3.05) is 13.1 Å². The molecule has 0 saturated carbocycles. The van der Waals surface area contributed by atoms with Crippen LogP contribution in [0.2, 0.25) is 0 Å². The smallest absolute Gasteiger partial charge is 0.309 e. The summed E-state index contributed by atoms with van der Waals surface area (Å²) in [4.78, 5) is 23.2. The summed E-state index contributed by atoms with van der Waals surface area (Å²) in [7, 11) is 0. The van der Waals surface area contributed by atoms with Gasteiger partial charge in [-0.05, 0) is 37.1 Å². The van der Waals surface area contributed by atoms with E-state index in [1.54, 1.807) is 23.2 Å². The summed E-state index contributed by atoms with van der Waals surface area (Å²) in [5, 5.41) is 4.01. The fraction of sp³-hybridized carbons (Fsp3) is 0.429. The number of hydrogen-bond acceptors (Lipinski definition) is 6. The van der Waals surface area contributed by atoms with Gasteiger partial charge in [0.2, 0.25) is 11.7 Å². The van der Waals surface area contributed by atoms with Crippen LogP contribution in [0.1, 0.15) is 61.9 Å².